The maximum Gasteiger partial charge on any atom is 0.313 e. The van der Waals surface area contributed by atoms with Crippen LogP contribution in [-0.2, 0) is 28.7 Å². The number of hydrogen-bond acceptors (Lipinski definition) is 7. The largest absolute Gasteiger partial charge is 0.455 e. The van der Waals surface area contributed by atoms with Gasteiger partial charge in [-0.2, -0.15) is 0 Å². The van der Waals surface area contributed by atoms with Crippen molar-refractivity contribution < 1.29 is 33.8 Å². The van der Waals surface area contributed by atoms with Gasteiger partial charge in [0.2, 0.25) is 11.8 Å². The third-order valence-electron chi connectivity index (χ3n) is 10.9. The topological polar surface area (TPSA) is 117 Å². The molecule has 3 fully saturated rings. The van der Waals surface area contributed by atoms with Crippen molar-refractivity contribution >= 4 is 29.4 Å². The van der Waals surface area contributed by atoms with Gasteiger partial charge in [-0.05, 0) is 69.2 Å². The number of carbonyl (C=O) groups excluding carboxylic acids is 4. The monoisotopic (exact) mass is 685 g/mol. The Bertz CT molecular complexity index is 1610. The predicted octanol–water partition coefficient (Wildman–Crippen LogP) is 5.07. The van der Waals surface area contributed by atoms with E-state index in [1.54, 1.807) is 29.0 Å². The van der Waals surface area contributed by atoms with E-state index in [0.717, 1.165) is 11.1 Å². The fourth-order valence-corrected chi connectivity index (χ4v) is 8.16. The molecule has 0 aromatic heterocycles. The summed E-state index contributed by atoms with van der Waals surface area (Å²) in [6.07, 6.45) is 3.95. The molecule has 10 heteroatoms. The lowest BCUT2D eigenvalue weighted by Gasteiger charge is -2.39. The number of ether oxygens (including phenoxy) is 2. The van der Waals surface area contributed by atoms with Gasteiger partial charge in [0.1, 0.15) is 17.7 Å². The molecule has 10 nitrogen and oxygen atoms in total. The smallest absolute Gasteiger partial charge is 0.313 e. The maximum atomic E-state index is 14.9. The van der Waals surface area contributed by atoms with E-state index in [0.29, 0.717) is 36.9 Å². The Labute approximate surface area is 295 Å². The second-order valence-electron chi connectivity index (χ2n) is 13.9. The molecule has 2 bridgehead atoms. The Morgan fingerprint density at radius 2 is 1.86 bits per heavy atom. The number of fused-ring (bicyclic) bond motifs is 1. The van der Waals surface area contributed by atoms with Crippen molar-refractivity contribution in [3.8, 4) is 0 Å². The maximum absolute atomic E-state index is 14.9. The van der Waals surface area contributed by atoms with Crippen molar-refractivity contribution in [2.75, 3.05) is 25.1 Å². The molecule has 1 N–H and O–H groups in total. The normalized spacial score (nSPS) is 25.4. The number of hydrogen-bond donors (Lipinski definition) is 1. The van der Waals surface area contributed by atoms with E-state index >= 15 is 0 Å². The standard InChI is InChI=1S/C40H51N3O7/c1-8-11-17-32(45)41(7)27(6)35(28-15-13-12-14-16-28)49-39(48)33-31-20-21-40(50-31)34(33)37(46)43(29(10-3)24-44)36(40)38(47)42(22-9-2)30-23-25(4)18-19-26(30)5/h8-9,12-16,18-19,23,27,29,31,33-36,44H,1-2,10-11,17,20-22,24H2,3-7H3/t27-,29-,31-,33+,34+,35+,36-,40+/m0/s1. The van der Waals surface area contributed by atoms with Crippen LogP contribution >= 0.6 is 0 Å². The molecule has 5 rings (SSSR count). The van der Waals surface area contributed by atoms with Gasteiger partial charge < -0.3 is 29.3 Å². The first kappa shape index (κ1) is 37.0. The molecule has 3 aliphatic rings. The third-order valence-corrected chi connectivity index (χ3v) is 10.9. The highest BCUT2D eigenvalue weighted by Crippen LogP contribution is 2.59. The lowest BCUT2D eigenvalue weighted by atomic mass is 9.70. The molecule has 3 saturated heterocycles. The second-order valence-corrected chi connectivity index (χ2v) is 13.9. The number of likely N-dealkylation sites (tertiary alicyclic amines) is 1. The van der Waals surface area contributed by atoms with Gasteiger partial charge in [-0.15, -0.1) is 13.2 Å². The van der Waals surface area contributed by atoms with Gasteiger partial charge >= 0.3 is 5.97 Å². The molecule has 8 atom stereocenters. The van der Waals surface area contributed by atoms with E-state index in [1.165, 1.54) is 4.90 Å². The quantitative estimate of drug-likeness (QED) is 0.206. The summed E-state index contributed by atoms with van der Waals surface area (Å²) in [6, 6.07) is 12.9. The Balaban J connectivity index is 1.53. The van der Waals surface area contributed by atoms with Gasteiger partial charge in [-0.3, -0.25) is 19.2 Å². The van der Waals surface area contributed by atoms with Gasteiger partial charge in [-0.25, -0.2) is 0 Å². The van der Waals surface area contributed by atoms with Crippen LogP contribution in [0.15, 0.2) is 73.8 Å². The van der Waals surface area contributed by atoms with E-state index in [-0.39, 0.29) is 31.4 Å². The zero-order chi connectivity index (χ0) is 36.3. The minimum absolute atomic E-state index is 0.109. The molecule has 0 saturated carbocycles. The number of benzene rings is 2. The molecule has 3 amide bonds. The molecule has 2 aromatic rings. The number of likely N-dealkylation sites (N-methyl/N-ethyl adjacent to an activating group) is 1. The number of rotatable bonds is 15. The summed E-state index contributed by atoms with van der Waals surface area (Å²) < 4.78 is 13.0. The molecule has 2 aromatic carbocycles. The lowest BCUT2D eigenvalue weighted by molar-refractivity contribution is -0.165. The zero-order valence-corrected chi connectivity index (χ0v) is 29.9. The van der Waals surface area contributed by atoms with Crippen molar-refractivity contribution in [2.24, 2.45) is 11.8 Å². The van der Waals surface area contributed by atoms with Gasteiger partial charge in [0.15, 0.2) is 0 Å². The van der Waals surface area contributed by atoms with Gasteiger partial charge in [0.25, 0.3) is 5.91 Å². The molecule has 3 heterocycles. The van der Waals surface area contributed by atoms with E-state index < -0.39 is 59.6 Å². The summed E-state index contributed by atoms with van der Waals surface area (Å²) in [7, 11) is 1.69. The highest BCUT2D eigenvalue weighted by atomic mass is 16.6. The Morgan fingerprint density at radius 3 is 2.50 bits per heavy atom. The van der Waals surface area contributed by atoms with Crippen LogP contribution in [0.2, 0.25) is 0 Å². The Morgan fingerprint density at radius 1 is 1.14 bits per heavy atom. The molecule has 268 valence electrons. The zero-order valence-electron chi connectivity index (χ0n) is 29.9. The lowest BCUT2D eigenvalue weighted by Crippen LogP contribution is -2.59. The molecule has 0 aliphatic carbocycles. The molecule has 0 radical (unpaired) electrons. The first-order valence-corrected chi connectivity index (χ1v) is 17.7. The van der Waals surface area contributed by atoms with Crippen LogP contribution in [0.25, 0.3) is 0 Å². The van der Waals surface area contributed by atoms with Crippen LogP contribution < -0.4 is 4.90 Å². The number of nitrogens with zero attached hydrogens (tertiary/aromatic N) is 3. The number of allylic oxidation sites excluding steroid dienone is 1. The summed E-state index contributed by atoms with van der Waals surface area (Å²) in [4.78, 5) is 61.8. The average Bonchev–Trinajstić information content (AvgIpc) is 3.77. The number of aliphatic hydroxyl groups excluding tert-OH is 1. The van der Waals surface area contributed by atoms with Crippen molar-refractivity contribution in [3.05, 3.63) is 90.5 Å². The van der Waals surface area contributed by atoms with Crippen LogP contribution in [0.1, 0.15) is 68.7 Å². The van der Waals surface area contributed by atoms with E-state index in [4.69, 9.17) is 9.47 Å². The number of aliphatic hydroxyl groups is 1. The average molecular weight is 686 g/mol. The predicted molar refractivity (Wildman–Crippen MR) is 191 cm³/mol. The number of anilines is 1. The van der Waals surface area contributed by atoms with Gasteiger partial charge in [0, 0.05) is 25.7 Å². The minimum Gasteiger partial charge on any atom is -0.455 e. The number of esters is 1. The summed E-state index contributed by atoms with van der Waals surface area (Å²) in [5, 5.41) is 10.5. The number of amides is 3. The molecule has 1 spiro atoms. The fourth-order valence-electron chi connectivity index (χ4n) is 8.16. The third kappa shape index (κ3) is 6.51. The summed E-state index contributed by atoms with van der Waals surface area (Å²) in [5.74, 6) is -3.40. The van der Waals surface area contributed by atoms with Gasteiger partial charge in [0.05, 0.1) is 36.6 Å². The van der Waals surface area contributed by atoms with Crippen LogP contribution in [-0.4, -0.2) is 88.6 Å². The molecule has 50 heavy (non-hydrogen) atoms. The summed E-state index contributed by atoms with van der Waals surface area (Å²) >= 11 is 0. The highest BCUT2D eigenvalue weighted by molar-refractivity contribution is 6.05. The van der Waals surface area contributed by atoms with Crippen LogP contribution in [0.3, 0.4) is 0 Å². The van der Waals surface area contributed by atoms with Crippen molar-refractivity contribution in [1.29, 1.82) is 0 Å². The molecular weight excluding hydrogens is 634 g/mol. The first-order valence-electron chi connectivity index (χ1n) is 17.7. The second kappa shape index (κ2) is 15.3. The van der Waals surface area contributed by atoms with E-state index in [9.17, 15) is 24.3 Å². The summed E-state index contributed by atoms with van der Waals surface area (Å²) in [6.45, 7) is 15.0. The SMILES string of the molecule is C=CCCC(=O)N(C)[C@@H](C)[C@@H](OC(=O)[C@@H]1[C@@H]2CC[C@]3(O2)[C@H](C(=O)N(CC=C)c2cc(C)ccc2C)N([C@@H](CC)CO)C(=O)[C@@H]13)c1ccccc1. The minimum atomic E-state index is -1.28. The van der Waals surface area contributed by atoms with Gasteiger partial charge in [-0.1, -0.05) is 61.5 Å². The number of aryl methyl sites for hydroxylation is 2. The van der Waals surface area contributed by atoms with E-state index in [2.05, 4.69) is 13.2 Å². The van der Waals surface area contributed by atoms with Crippen molar-refractivity contribution in [3.63, 3.8) is 0 Å². The summed E-state index contributed by atoms with van der Waals surface area (Å²) in [5.41, 5.74) is 1.99. The fraction of sp³-hybridized carbons (Fsp3) is 0.500. The van der Waals surface area contributed by atoms with Crippen LogP contribution in [0.5, 0.6) is 0 Å². The van der Waals surface area contributed by atoms with Crippen LogP contribution in [0, 0.1) is 25.7 Å². The number of carbonyl (C=O) groups is 4. The first-order chi connectivity index (χ1) is 23.9. The molecule has 3 aliphatic heterocycles. The highest BCUT2D eigenvalue weighted by Gasteiger charge is 2.75. The molecular formula is C40H51N3O7. The van der Waals surface area contributed by atoms with Crippen molar-refractivity contribution in [2.45, 2.75) is 95.7 Å². The molecule has 0 unspecified atom stereocenters. The Hall–Kier alpha value is -4.28. The van der Waals surface area contributed by atoms with Crippen molar-refractivity contribution in [1.82, 2.24) is 9.80 Å². The van der Waals surface area contributed by atoms with Crippen LogP contribution in [0.4, 0.5) is 5.69 Å². The Kier molecular flexibility index (Phi) is 11.3. The van der Waals surface area contributed by atoms with E-state index in [1.807, 2.05) is 76.2 Å².